The summed E-state index contributed by atoms with van der Waals surface area (Å²) in [5, 5.41) is 23.4. The molecule has 3 atom stereocenters. The molecule has 6 heteroatoms. The van der Waals surface area contributed by atoms with Gasteiger partial charge in [-0.1, -0.05) is 30.3 Å². The molecule has 2 aromatic heterocycles. The third-order valence-corrected chi connectivity index (χ3v) is 5.42. The molecular weight excluding hydrogens is 302 g/mol. The second kappa shape index (κ2) is 5.27. The molecule has 1 aromatic carbocycles. The molecule has 24 heavy (non-hydrogen) atoms. The van der Waals surface area contributed by atoms with E-state index in [1.807, 2.05) is 47.0 Å². The molecule has 3 heterocycles. The first-order valence-electron chi connectivity index (χ1n) is 8.50. The van der Waals surface area contributed by atoms with Crippen LogP contribution in [0.25, 0.3) is 17.0 Å². The molecule has 2 fully saturated rings. The van der Waals surface area contributed by atoms with Gasteiger partial charge in [-0.05, 0) is 30.9 Å². The third kappa shape index (κ3) is 2.10. The van der Waals surface area contributed by atoms with Gasteiger partial charge in [-0.2, -0.15) is 4.52 Å². The Kier molecular flexibility index (Phi) is 3.06. The Bertz CT molecular complexity index is 878. The third-order valence-electron chi connectivity index (χ3n) is 5.42. The van der Waals surface area contributed by atoms with E-state index in [0.29, 0.717) is 11.8 Å². The molecule has 0 radical (unpaired) electrons. The van der Waals surface area contributed by atoms with Crippen LogP contribution in [0.5, 0.6) is 0 Å². The van der Waals surface area contributed by atoms with Crippen LogP contribution in [0, 0.1) is 11.8 Å². The molecule has 1 saturated heterocycles. The van der Waals surface area contributed by atoms with Crippen LogP contribution in [-0.4, -0.2) is 44.1 Å². The van der Waals surface area contributed by atoms with Gasteiger partial charge in [-0.3, -0.25) is 0 Å². The zero-order valence-corrected chi connectivity index (χ0v) is 13.3. The van der Waals surface area contributed by atoms with Gasteiger partial charge in [0.1, 0.15) is 5.82 Å². The fraction of sp³-hybridized carbons (Fsp3) is 0.389. The van der Waals surface area contributed by atoms with E-state index < -0.39 is 0 Å². The fourth-order valence-electron chi connectivity index (χ4n) is 4.14. The number of fused-ring (bicyclic) bond motifs is 2. The average molecular weight is 321 g/mol. The lowest BCUT2D eigenvalue weighted by Crippen LogP contribution is -2.25. The van der Waals surface area contributed by atoms with Crippen molar-refractivity contribution in [1.29, 1.82) is 0 Å². The predicted octanol–water partition coefficient (Wildman–Crippen LogP) is 2.00. The molecule has 5 rings (SSSR count). The zero-order chi connectivity index (χ0) is 16.1. The van der Waals surface area contributed by atoms with Crippen molar-refractivity contribution >= 4 is 11.5 Å². The van der Waals surface area contributed by atoms with Gasteiger partial charge in [0.05, 0.1) is 6.10 Å². The largest absolute Gasteiger partial charge is 0.393 e. The lowest BCUT2D eigenvalue weighted by atomic mass is 10.00. The summed E-state index contributed by atoms with van der Waals surface area (Å²) < 4.78 is 1.81. The second-order valence-corrected chi connectivity index (χ2v) is 6.82. The quantitative estimate of drug-likeness (QED) is 0.782. The number of rotatable bonds is 2. The van der Waals surface area contributed by atoms with Gasteiger partial charge in [0, 0.05) is 24.6 Å². The Hall–Kier alpha value is -2.47. The molecule has 3 unspecified atom stereocenters. The topological polar surface area (TPSA) is 66.5 Å². The normalized spacial score (nSPS) is 26.2. The Balaban J connectivity index is 1.52. The first-order valence-corrected chi connectivity index (χ1v) is 8.50. The van der Waals surface area contributed by atoms with Gasteiger partial charge < -0.3 is 10.0 Å². The highest BCUT2D eigenvalue weighted by molar-refractivity contribution is 5.59. The summed E-state index contributed by atoms with van der Waals surface area (Å²) in [6.07, 6.45) is 1.91. The Morgan fingerprint density at radius 3 is 2.67 bits per heavy atom. The van der Waals surface area contributed by atoms with Crippen LogP contribution >= 0.6 is 0 Å². The van der Waals surface area contributed by atoms with Crippen LogP contribution in [0.1, 0.15) is 12.8 Å². The first-order chi connectivity index (χ1) is 11.8. The maximum Gasteiger partial charge on any atom is 0.185 e. The molecule has 1 saturated carbocycles. The zero-order valence-electron chi connectivity index (χ0n) is 13.3. The summed E-state index contributed by atoms with van der Waals surface area (Å²) in [5.74, 6) is 2.66. The summed E-state index contributed by atoms with van der Waals surface area (Å²) in [4.78, 5) is 2.28. The maximum absolute atomic E-state index is 10.1. The van der Waals surface area contributed by atoms with E-state index in [0.717, 1.165) is 48.8 Å². The van der Waals surface area contributed by atoms with Crippen LogP contribution in [-0.2, 0) is 0 Å². The summed E-state index contributed by atoms with van der Waals surface area (Å²) in [5.41, 5.74) is 1.75. The average Bonchev–Trinajstić information content (AvgIpc) is 3.31. The van der Waals surface area contributed by atoms with Crippen molar-refractivity contribution in [3.05, 3.63) is 42.5 Å². The minimum absolute atomic E-state index is 0.154. The summed E-state index contributed by atoms with van der Waals surface area (Å²) in [6.45, 7) is 1.86. The molecule has 3 aromatic rings. The van der Waals surface area contributed by atoms with Crippen molar-refractivity contribution in [1.82, 2.24) is 19.8 Å². The van der Waals surface area contributed by atoms with Gasteiger partial charge in [0.25, 0.3) is 0 Å². The second-order valence-electron chi connectivity index (χ2n) is 6.82. The monoisotopic (exact) mass is 321 g/mol. The van der Waals surface area contributed by atoms with Crippen LogP contribution in [0.3, 0.4) is 0 Å². The number of hydrogen-bond acceptors (Lipinski definition) is 5. The SMILES string of the molecule is OC1CCC2CN(c3ccc4nnc(-c5ccccc5)n4n3)CC12. The van der Waals surface area contributed by atoms with E-state index >= 15 is 0 Å². The standard InChI is InChI=1S/C18H19N5O/c24-15-7-6-13-10-22(11-14(13)15)17-9-8-16-19-20-18(23(16)21-17)12-4-2-1-3-5-12/h1-5,8-9,13-15,24H,6-7,10-11H2. The van der Waals surface area contributed by atoms with Crippen LogP contribution in [0.15, 0.2) is 42.5 Å². The highest BCUT2D eigenvalue weighted by Crippen LogP contribution is 2.39. The number of hydrogen-bond donors (Lipinski definition) is 1. The minimum Gasteiger partial charge on any atom is -0.393 e. The summed E-state index contributed by atoms with van der Waals surface area (Å²) in [6, 6.07) is 14.0. The van der Waals surface area contributed by atoms with Crippen molar-refractivity contribution < 1.29 is 5.11 Å². The van der Waals surface area contributed by atoms with Gasteiger partial charge in [0.2, 0.25) is 0 Å². The van der Waals surface area contributed by atoms with Gasteiger partial charge >= 0.3 is 0 Å². The van der Waals surface area contributed by atoms with Gasteiger partial charge in [-0.25, -0.2) is 0 Å². The molecule has 0 spiro atoms. The van der Waals surface area contributed by atoms with Crippen LogP contribution in [0.4, 0.5) is 5.82 Å². The highest BCUT2D eigenvalue weighted by atomic mass is 16.3. The first kappa shape index (κ1) is 13.9. The van der Waals surface area contributed by atoms with Gasteiger partial charge in [-0.15, -0.1) is 15.3 Å². The highest BCUT2D eigenvalue weighted by Gasteiger charge is 2.42. The number of nitrogens with zero attached hydrogens (tertiary/aromatic N) is 5. The van der Waals surface area contributed by atoms with E-state index in [4.69, 9.17) is 5.10 Å². The minimum atomic E-state index is -0.154. The number of aromatic nitrogens is 4. The van der Waals surface area contributed by atoms with E-state index in [-0.39, 0.29) is 6.10 Å². The molecule has 1 N–H and O–H groups in total. The van der Waals surface area contributed by atoms with Crippen molar-refractivity contribution in [2.45, 2.75) is 18.9 Å². The summed E-state index contributed by atoms with van der Waals surface area (Å²) >= 11 is 0. The van der Waals surface area contributed by atoms with E-state index in [2.05, 4.69) is 15.1 Å². The Labute approximate surface area is 139 Å². The molecule has 2 aliphatic rings. The Morgan fingerprint density at radius 2 is 1.83 bits per heavy atom. The molecule has 1 aliphatic carbocycles. The molecule has 0 amide bonds. The lowest BCUT2D eigenvalue weighted by molar-refractivity contribution is 0.133. The van der Waals surface area contributed by atoms with Crippen LogP contribution < -0.4 is 4.90 Å². The molecule has 0 bridgehead atoms. The number of aliphatic hydroxyl groups excluding tert-OH is 1. The molecule has 1 aliphatic heterocycles. The smallest absolute Gasteiger partial charge is 0.185 e. The molecule has 6 nitrogen and oxygen atoms in total. The summed E-state index contributed by atoms with van der Waals surface area (Å²) in [7, 11) is 0. The lowest BCUT2D eigenvalue weighted by Gasteiger charge is -2.19. The van der Waals surface area contributed by atoms with Crippen molar-refractivity contribution in [2.24, 2.45) is 11.8 Å². The van der Waals surface area contributed by atoms with Crippen LogP contribution in [0.2, 0.25) is 0 Å². The predicted molar refractivity (Wildman–Crippen MR) is 90.7 cm³/mol. The van der Waals surface area contributed by atoms with Crippen molar-refractivity contribution in [2.75, 3.05) is 18.0 Å². The van der Waals surface area contributed by atoms with E-state index in [1.54, 1.807) is 0 Å². The van der Waals surface area contributed by atoms with Gasteiger partial charge in [0.15, 0.2) is 11.5 Å². The Morgan fingerprint density at radius 1 is 0.958 bits per heavy atom. The van der Waals surface area contributed by atoms with Crippen molar-refractivity contribution in [3.63, 3.8) is 0 Å². The van der Waals surface area contributed by atoms with E-state index in [9.17, 15) is 5.11 Å². The number of anilines is 1. The number of benzene rings is 1. The number of aliphatic hydroxyl groups is 1. The van der Waals surface area contributed by atoms with Crippen molar-refractivity contribution in [3.8, 4) is 11.4 Å². The van der Waals surface area contributed by atoms with E-state index in [1.165, 1.54) is 0 Å². The fourth-order valence-corrected chi connectivity index (χ4v) is 4.14. The molecular formula is C18H19N5O. The molecule has 122 valence electrons. The maximum atomic E-state index is 10.1.